The molecule has 2 rings (SSSR count). The van der Waals surface area contributed by atoms with Crippen LogP contribution in [0.2, 0.25) is 5.02 Å². The SMILES string of the molecule is CNC(c1cc(Cl)ccc1C)c1nccn1C. The van der Waals surface area contributed by atoms with Gasteiger partial charge in [0.05, 0.1) is 6.04 Å². The average Bonchev–Trinajstić information content (AvgIpc) is 2.71. The Hall–Kier alpha value is -1.32. The molecular weight excluding hydrogens is 234 g/mol. The molecule has 1 aromatic carbocycles. The summed E-state index contributed by atoms with van der Waals surface area (Å²) < 4.78 is 2.02. The number of aryl methyl sites for hydroxylation is 2. The lowest BCUT2D eigenvalue weighted by Crippen LogP contribution is -2.22. The number of halogens is 1. The summed E-state index contributed by atoms with van der Waals surface area (Å²) in [7, 11) is 3.92. The van der Waals surface area contributed by atoms with Crippen molar-refractivity contribution >= 4 is 11.6 Å². The zero-order valence-corrected chi connectivity index (χ0v) is 11.0. The first-order valence-corrected chi connectivity index (χ1v) is 5.92. The zero-order valence-electron chi connectivity index (χ0n) is 10.2. The number of imidazole rings is 1. The van der Waals surface area contributed by atoms with Gasteiger partial charge in [-0.1, -0.05) is 17.7 Å². The lowest BCUT2D eigenvalue weighted by Gasteiger charge is -2.18. The van der Waals surface area contributed by atoms with Crippen LogP contribution < -0.4 is 5.32 Å². The Morgan fingerprint density at radius 2 is 2.18 bits per heavy atom. The van der Waals surface area contributed by atoms with E-state index in [1.54, 1.807) is 6.20 Å². The summed E-state index contributed by atoms with van der Waals surface area (Å²) in [5.74, 6) is 0.984. The fraction of sp³-hybridized carbons (Fsp3) is 0.308. The van der Waals surface area contributed by atoms with Crippen molar-refractivity contribution in [3.05, 3.63) is 52.6 Å². The van der Waals surface area contributed by atoms with Crippen LogP contribution in [0.5, 0.6) is 0 Å². The highest BCUT2D eigenvalue weighted by atomic mass is 35.5. The first-order valence-electron chi connectivity index (χ1n) is 5.54. The van der Waals surface area contributed by atoms with Crippen LogP contribution in [0.15, 0.2) is 30.6 Å². The highest BCUT2D eigenvalue weighted by molar-refractivity contribution is 6.30. The molecular formula is C13H16ClN3. The number of aromatic nitrogens is 2. The van der Waals surface area contributed by atoms with Gasteiger partial charge in [-0.2, -0.15) is 0 Å². The molecule has 0 aliphatic rings. The summed E-state index contributed by atoms with van der Waals surface area (Å²) in [6.45, 7) is 2.08. The molecule has 0 bridgehead atoms. The number of nitrogens with one attached hydrogen (secondary N) is 1. The van der Waals surface area contributed by atoms with Gasteiger partial charge in [0.15, 0.2) is 0 Å². The van der Waals surface area contributed by atoms with E-state index in [0.717, 1.165) is 16.4 Å². The van der Waals surface area contributed by atoms with E-state index < -0.39 is 0 Å². The molecule has 4 heteroatoms. The zero-order chi connectivity index (χ0) is 12.4. The van der Waals surface area contributed by atoms with E-state index in [4.69, 9.17) is 11.6 Å². The Balaban J connectivity index is 2.49. The molecule has 1 N–H and O–H groups in total. The Kier molecular flexibility index (Phi) is 3.50. The van der Waals surface area contributed by atoms with Crippen molar-refractivity contribution in [2.24, 2.45) is 7.05 Å². The molecule has 0 spiro atoms. The smallest absolute Gasteiger partial charge is 0.130 e. The second-order valence-corrected chi connectivity index (χ2v) is 4.56. The molecule has 1 aromatic heterocycles. The molecule has 0 aliphatic heterocycles. The van der Waals surface area contributed by atoms with Crippen LogP contribution >= 0.6 is 11.6 Å². The fourth-order valence-corrected chi connectivity index (χ4v) is 2.18. The first kappa shape index (κ1) is 12.1. The predicted molar refractivity (Wildman–Crippen MR) is 70.3 cm³/mol. The van der Waals surface area contributed by atoms with E-state index in [2.05, 4.69) is 17.2 Å². The van der Waals surface area contributed by atoms with Gasteiger partial charge in [0, 0.05) is 24.5 Å². The van der Waals surface area contributed by atoms with Crippen molar-refractivity contribution in [2.75, 3.05) is 7.05 Å². The maximum absolute atomic E-state index is 6.06. The van der Waals surface area contributed by atoms with Crippen LogP contribution in [0, 0.1) is 6.92 Å². The molecule has 0 aliphatic carbocycles. The van der Waals surface area contributed by atoms with Crippen LogP contribution in [-0.4, -0.2) is 16.6 Å². The molecule has 1 atom stereocenters. The third-order valence-corrected chi connectivity index (χ3v) is 3.19. The Morgan fingerprint density at radius 3 is 2.76 bits per heavy atom. The Bertz CT molecular complexity index is 519. The highest BCUT2D eigenvalue weighted by Gasteiger charge is 2.18. The van der Waals surface area contributed by atoms with Crippen molar-refractivity contribution in [2.45, 2.75) is 13.0 Å². The maximum atomic E-state index is 6.06. The molecule has 0 radical (unpaired) electrons. The second kappa shape index (κ2) is 4.90. The third kappa shape index (κ3) is 2.35. The van der Waals surface area contributed by atoms with Gasteiger partial charge in [-0.3, -0.25) is 0 Å². The molecule has 0 saturated carbocycles. The molecule has 17 heavy (non-hydrogen) atoms. The van der Waals surface area contributed by atoms with E-state index >= 15 is 0 Å². The molecule has 0 fully saturated rings. The molecule has 90 valence electrons. The van der Waals surface area contributed by atoms with Gasteiger partial charge in [0.1, 0.15) is 5.82 Å². The van der Waals surface area contributed by atoms with E-state index in [0.29, 0.717) is 0 Å². The van der Waals surface area contributed by atoms with E-state index in [1.165, 1.54) is 5.56 Å². The van der Waals surface area contributed by atoms with Crippen molar-refractivity contribution in [3.63, 3.8) is 0 Å². The van der Waals surface area contributed by atoms with Crippen LogP contribution in [0.1, 0.15) is 23.0 Å². The topological polar surface area (TPSA) is 29.9 Å². The maximum Gasteiger partial charge on any atom is 0.130 e. The van der Waals surface area contributed by atoms with E-state index in [1.807, 2.05) is 43.1 Å². The largest absolute Gasteiger partial charge is 0.336 e. The van der Waals surface area contributed by atoms with Gasteiger partial charge in [0.25, 0.3) is 0 Å². The van der Waals surface area contributed by atoms with E-state index in [9.17, 15) is 0 Å². The number of nitrogens with zero attached hydrogens (tertiary/aromatic N) is 2. The van der Waals surface area contributed by atoms with Crippen molar-refractivity contribution in [1.82, 2.24) is 14.9 Å². The Labute approximate surface area is 106 Å². The monoisotopic (exact) mass is 249 g/mol. The van der Waals surface area contributed by atoms with Crippen molar-refractivity contribution in [3.8, 4) is 0 Å². The minimum Gasteiger partial charge on any atom is -0.336 e. The molecule has 2 aromatic rings. The summed E-state index contributed by atoms with van der Waals surface area (Å²) in [6.07, 6.45) is 3.75. The minimum atomic E-state index is 0.0636. The van der Waals surface area contributed by atoms with Crippen molar-refractivity contribution in [1.29, 1.82) is 0 Å². The average molecular weight is 250 g/mol. The summed E-state index contributed by atoms with van der Waals surface area (Å²) in [4.78, 5) is 4.39. The Morgan fingerprint density at radius 1 is 1.41 bits per heavy atom. The summed E-state index contributed by atoms with van der Waals surface area (Å²) >= 11 is 6.06. The summed E-state index contributed by atoms with van der Waals surface area (Å²) in [6, 6.07) is 6.00. The summed E-state index contributed by atoms with van der Waals surface area (Å²) in [5, 5.41) is 4.04. The lowest BCUT2D eigenvalue weighted by atomic mass is 10.0. The van der Waals surface area contributed by atoms with Gasteiger partial charge < -0.3 is 9.88 Å². The molecule has 1 unspecified atom stereocenters. The van der Waals surface area contributed by atoms with Gasteiger partial charge in [0.2, 0.25) is 0 Å². The highest BCUT2D eigenvalue weighted by Crippen LogP contribution is 2.25. The van der Waals surface area contributed by atoms with Gasteiger partial charge in [-0.15, -0.1) is 0 Å². The number of hydrogen-bond donors (Lipinski definition) is 1. The van der Waals surface area contributed by atoms with Crippen LogP contribution in [0.4, 0.5) is 0 Å². The number of hydrogen-bond acceptors (Lipinski definition) is 2. The third-order valence-electron chi connectivity index (χ3n) is 2.96. The van der Waals surface area contributed by atoms with Crippen LogP contribution in [0.25, 0.3) is 0 Å². The quantitative estimate of drug-likeness (QED) is 0.907. The standard InChI is InChI=1S/C13H16ClN3/c1-9-4-5-10(14)8-11(9)12(15-2)13-16-6-7-17(13)3/h4-8,12,15H,1-3H3. The number of benzene rings is 1. The van der Waals surface area contributed by atoms with E-state index in [-0.39, 0.29) is 6.04 Å². The lowest BCUT2D eigenvalue weighted by molar-refractivity contribution is 0.614. The predicted octanol–water partition coefficient (Wildman–Crippen LogP) is 2.69. The molecule has 0 amide bonds. The van der Waals surface area contributed by atoms with Crippen LogP contribution in [0.3, 0.4) is 0 Å². The van der Waals surface area contributed by atoms with Gasteiger partial charge in [-0.05, 0) is 37.2 Å². The number of rotatable bonds is 3. The van der Waals surface area contributed by atoms with Crippen LogP contribution in [-0.2, 0) is 7.05 Å². The molecule has 1 heterocycles. The normalized spacial score (nSPS) is 12.7. The van der Waals surface area contributed by atoms with Gasteiger partial charge >= 0.3 is 0 Å². The van der Waals surface area contributed by atoms with Gasteiger partial charge in [-0.25, -0.2) is 4.98 Å². The molecule has 3 nitrogen and oxygen atoms in total. The fourth-order valence-electron chi connectivity index (χ4n) is 2.00. The summed E-state index contributed by atoms with van der Waals surface area (Å²) in [5.41, 5.74) is 2.37. The molecule has 0 saturated heterocycles. The second-order valence-electron chi connectivity index (χ2n) is 4.12. The minimum absolute atomic E-state index is 0.0636. The first-order chi connectivity index (χ1) is 8.13. The van der Waals surface area contributed by atoms with Crippen molar-refractivity contribution < 1.29 is 0 Å².